The zero-order valence-electron chi connectivity index (χ0n) is 12.3. The minimum atomic E-state index is 0.0214. The van der Waals surface area contributed by atoms with E-state index >= 15 is 0 Å². The molecule has 4 aliphatic rings. The molecule has 4 fully saturated rings. The van der Waals surface area contributed by atoms with Crippen molar-refractivity contribution in [2.45, 2.75) is 57.0 Å². The second kappa shape index (κ2) is 6.02. The van der Waals surface area contributed by atoms with Crippen LogP contribution in [-0.2, 0) is 9.53 Å². The van der Waals surface area contributed by atoms with Gasteiger partial charge in [0.25, 0.3) is 0 Å². The van der Waals surface area contributed by atoms with Gasteiger partial charge in [-0.15, -0.1) is 0 Å². The molecule has 0 unspecified atom stereocenters. The van der Waals surface area contributed by atoms with Crippen molar-refractivity contribution in [3.05, 3.63) is 0 Å². The minimum absolute atomic E-state index is 0.0214. The van der Waals surface area contributed by atoms with Crippen LogP contribution in [-0.4, -0.2) is 36.4 Å². The van der Waals surface area contributed by atoms with Crippen LogP contribution in [0.1, 0.15) is 51.4 Å². The SMILES string of the molecule is O=C(CCCO)NCCOC12CC3CC(CC(C3)C1)C2. The molecule has 4 heteroatoms. The van der Waals surface area contributed by atoms with Crippen molar-refractivity contribution >= 4 is 5.91 Å². The molecular weight excluding hydrogens is 254 g/mol. The van der Waals surface area contributed by atoms with Crippen LogP contribution in [0.3, 0.4) is 0 Å². The number of aliphatic hydroxyl groups excluding tert-OH is 1. The van der Waals surface area contributed by atoms with Crippen molar-refractivity contribution in [1.29, 1.82) is 0 Å². The van der Waals surface area contributed by atoms with Crippen LogP contribution < -0.4 is 5.32 Å². The molecule has 0 aromatic heterocycles. The Morgan fingerprint density at radius 3 is 2.30 bits per heavy atom. The summed E-state index contributed by atoms with van der Waals surface area (Å²) in [6.45, 7) is 1.32. The Balaban J connectivity index is 1.39. The third-order valence-electron chi connectivity index (χ3n) is 5.38. The fraction of sp³-hybridized carbons (Fsp3) is 0.938. The molecular formula is C16H27NO3. The summed E-state index contributed by atoms with van der Waals surface area (Å²) in [6.07, 6.45) is 8.99. The molecule has 2 N–H and O–H groups in total. The van der Waals surface area contributed by atoms with Crippen molar-refractivity contribution in [2.24, 2.45) is 17.8 Å². The minimum Gasteiger partial charge on any atom is -0.396 e. The molecule has 0 radical (unpaired) electrons. The summed E-state index contributed by atoms with van der Waals surface area (Å²) in [5, 5.41) is 11.6. The zero-order chi connectivity index (χ0) is 14.0. The molecule has 4 saturated carbocycles. The molecule has 114 valence electrons. The number of ether oxygens (including phenoxy) is 1. The summed E-state index contributed by atoms with van der Waals surface area (Å²) >= 11 is 0. The maximum absolute atomic E-state index is 11.4. The molecule has 4 bridgehead atoms. The van der Waals surface area contributed by atoms with Gasteiger partial charge < -0.3 is 15.2 Å². The Labute approximate surface area is 121 Å². The summed E-state index contributed by atoms with van der Waals surface area (Å²) < 4.78 is 6.23. The van der Waals surface area contributed by atoms with Gasteiger partial charge >= 0.3 is 0 Å². The second-order valence-electron chi connectivity index (χ2n) is 7.13. The van der Waals surface area contributed by atoms with Gasteiger partial charge in [0.1, 0.15) is 0 Å². The number of carbonyl (C=O) groups is 1. The van der Waals surface area contributed by atoms with Gasteiger partial charge in [0.15, 0.2) is 0 Å². The highest BCUT2D eigenvalue weighted by Gasteiger charge is 2.51. The number of aliphatic hydroxyl groups is 1. The van der Waals surface area contributed by atoms with Crippen LogP contribution >= 0.6 is 0 Å². The van der Waals surface area contributed by atoms with Crippen LogP contribution in [0.5, 0.6) is 0 Å². The number of rotatable bonds is 7. The smallest absolute Gasteiger partial charge is 0.220 e. The standard InChI is InChI=1S/C16H27NO3/c18-4-1-2-15(19)17-3-5-20-16-9-12-6-13(10-16)8-14(7-12)11-16/h12-14,18H,1-11H2,(H,17,19). The Bertz CT molecular complexity index is 320. The number of hydrogen-bond donors (Lipinski definition) is 2. The van der Waals surface area contributed by atoms with E-state index in [1.54, 1.807) is 0 Å². The van der Waals surface area contributed by atoms with E-state index in [-0.39, 0.29) is 18.1 Å². The number of amides is 1. The summed E-state index contributed by atoms with van der Waals surface area (Å²) in [5.41, 5.74) is 0.143. The highest BCUT2D eigenvalue weighted by molar-refractivity contribution is 5.75. The van der Waals surface area contributed by atoms with Crippen molar-refractivity contribution in [1.82, 2.24) is 5.32 Å². The molecule has 0 aromatic rings. The average Bonchev–Trinajstić information content (AvgIpc) is 2.40. The van der Waals surface area contributed by atoms with Crippen LogP contribution in [0.25, 0.3) is 0 Å². The van der Waals surface area contributed by atoms with Crippen LogP contribution in [0.2, 0.25) is 0 Å². The van der Waals surface area contributed by atoms with E-state index in [0.29, 0.717) is 26.0 Å². The number of hydrogen-bond acceptors (Lipinski definition) is 3. The monoisotopic (exact) mass is 281 g/mol. The van der Waals surface area contributed by atoms with Gasteiger partial charge in [-0.05, 0) is 62.7 Å². The van der Waals surface area contributed by atoms with Crippen LogP contribution in [0, 0.1) is 17.8 Å². The Hall–Kier alpha value is -0.610. The van der Waals surface area contributed by atoms with Gasteiger partial charge in [-0.2, -0.15) is 0 Å². The normalized spacial score (nSPS) is 38.1. The van der Waals surface area contributed by atoms with E-state index in [0.717, 1.165) is 17.8 Å². The van der Waals surface area contributed by atoms with E-state index < -0.39 is 0 Å². The Morgan fingerprint density at radius 1 is 1.15 bits per heavy atom. The fourth-order valence-corrected chi connectivity index (χ4v) is 4.99. The highest BCUT2D eigenvalue weighted by Crippen LogP contribution is 2.56. The fourth-order valence-electron chi connectivity index (χ4n) is 4.99. The molecule has 4 nitrogen and oxygen atoms in total. The van der Waals surface area contributed by atoms with E-state index in [2.05, 4.69) is 5.32 Å². The maximum Gasteiger partial charge on any atom is 0.220 e. The van der Waals surface area contributed by atoms with Gasteiger partial charge in [0.2, 0.25) is 5.91 Å². The third kappa shape index (κ3) is 3.17. The predicted molar refractivity (Wildman–Crippen MR) is 76.2 cm³/mol. The van der Waals surface area contributed by atoms with E-state index in [4.69, 9.17) is 9.84 Å². The lowest BCUT2D eigenvalue weighted by molar-refractivity contribution is -0.161. The topological polar surface area (TPSA) is 58.6 Å². The van der Waals surface area contributed by atoms with Crippen LogP contribution in [0.4, 0.5) is 0 Å². The van der Waals surface area contributed by atoms with E-state index in [9.17, 15) is 4.79 Å². The van der Waals surface area contributed by atoms with E-state index in [1.807, 2.05) is 0 Å². The Kier molecular flexibility index (Phi) is 4.32. The maximum atomic E-state index is 11.4. The first-order valence-electron chi connectivity index (χ1n) is 8.21. The molecule has 4 rings (SSSR count). The molecule has 1 amide bonds. The van der Waals surface area contributed by atoms with Gasteiger partial charge in [-0.1, -0.05) is 0 Å². The third-order valence-corrected chi connectivity index (χ3v) is 5.38. The average molecular weight is 281 g/mol. The van der Waals surface area contributed by atoms with Crippen LogP contribution in [0.15, 0.2) is 0 Å². The molecule has 20 heavy (non-hydrogen) atoms. The van der Waals surface area contributed by atoms with Crippen molar-refractivity contribution in [3.8, 4) is 0 Å². The molecule has 0 atom stereocenters. The lowest BCUT2D eigenvalue weighted by Gasteiger charge is -2.56. The second-order valence-corrected chi connectivity index (χ2v) is 7.13. The van der Waals surface area contributed by atoms with Gasteiger partial charge in [0.05, 0.1) is 12.2 Å². The highest BCUT2D eigenvalue weighted by atomic mass is 16.5. The number of carbonyl (C=O) groups excluding carboxylic acids is 1. The first kappa shape index (κ1) is 14.3. The summed E-state index contributed by atoms with van der Waals surface area (Å²) in [6, 6.07) is 0. The van der Waals surface area contributed by atoms with E-state index in [1.165, 1.54) is 38.5 Å². The van der Waals surface area contributed by atoms with Crippen molar-refractivity contribution in [3.63, 3.8) is 0 Å². The molecule has 0 heterocycles. The van der Waals surface area contributed by atoms with Crippen molar-refractivity contribution < 1.29 is 14.6 Å². The summed E-state index contributed by atoms with van der Waals surface area (Å²) in [7, 11) is 0. The summed E-state index contributed by atoms with van der Waals surface area (Å²) in [4.78, 5) is 11.4. The zero-order valence-corrected chi connectivity index (χ0v) is 12.3. The van der Waals surface area contributed by atoms with Crippen molar-refractivity contribution in [2.75, 3.05) is 19.8 Å². The molecule has 0 spiro atoms. The molecule has 0 aliphatic heterocycles. The largest absolute Gasteiger partial charge is 0.396 e. The van der Waals surface area contributed by atoms with Gasteiger partial charge in [-0.25, -0.2) is 0 Å². The Morgan fingerprint density at radius 2 is 1.75 bits per heavy atom. The first-order chi connectivity index (χ1) is 9.69. The lowest BCUT2D eigenvalue weighted by Crippen LogP contribution is -2.52. The first-order valence-corrected chi connectivity index (χ1v) is 8.21. The van der Waals surface area contributed by atoms with Gasteiger partial charge in [0, 0.05) is 19.6 Å². The lowest BCUT2D eigenvalue weighted by atomic mass is 9.54. The molecule has 0 aromatic carbocycles. The molecule has 4 aliphatic carbocycles. The van der Waals surface area contributed by atoms with Gasteiger partial charge in [-0.3, -0.25) is 4.79 Å². The number of nitrogens with one attached hydrogen (secondary N) is 1. The predicted octanol–water partition coefficient (Wildman–Crippen LogP) is 1.86. The quantitative estimate of drug-likeness (QED) is 0.700. The summed E-state index contributed by atoms with van der Waals surface area (Å²) in [5.74, 6) is 2.73. The molecule has 0 saturated heterocycles.